The minimum absolute atomic E-state index is 0.0375. The molecule has 1 rings (SSSR count). The highest BCUT2D eigenvalue weighted by Gasteiger charge is 2.18. The molecule has 0 aromatic carbocycles. The van der Waals surface area contributed by atoms with E-state index < -0.39 is 0 Å². The molecule has 1 N–H and O–H groups in total. The molecule has 106 valence electrons. The molecule has 0 saturated carbocycles. The molecule has 0 fully saturated rings. The predicted molar refractivity (Wildman–Crippen MR) is 77.2 cm³/mol. The second-order valence-electron chi connectivity index (χ2n) is 4.58. The molecule has 0 radical (unpaired) electrons. The van der Waals surface area contributed by atoms with Gasteiger partial charge in [0.25, 0.3) is 5.91 Å². The molecule has 1 amide bonds. The fourth-order valence-electron chi connectivity index (χ4n) is 1.96. The average Bonchev–Trinajstić information content (AvgIpc) is 2.48. The zero-order valence-corrected chi connectivity index (χ0v) is 12.3. The van der Waals surface area contributed by atoms with E-state index in [1.54, 1.807) is 19.2 Å². The lowest BCUT2D eigenvalue weighted by atomic mass is 10.0. The predicted octanol–water partition coefficient (Wildman–Crippen LogP) is 2.42. The van der Waals surface area contributed by atoms with Crippen molar-refractivity contribution in [3.05, 3.63) is 17.8 Å². The monoisotopic (exact) mass is 264 g/mol. The van der Waals surface area contributed by atoms with Crippen LogP contribution in [0.25, 0.3) is 0 Å². The molecule has 0 unspecified atom stereocenters. The molecule has 0 aliphatic heterocycles. The second kappa shape index (κ2) is 7.71. The standard InChI is InChI=1S/C14H24N4O/c1-5-11(6-2)10-18(7-3)14(19)12-8-9-13(15-4)17-16-12/h8-9,11H,5-7,10H2,1-4H3,(H,15,17). The summed E-state index contributed by atoms with van der Waals surface area (Å²) in [5.41, 5.74) is 0.409. The summed E-state index contributed by atoms with van der Waals surface area (Å²) in [6, 6.07) is 3.49. The molecule has 0 aliphatic carbocycles. The molecule has 1 aromatic rings. The van der Waals surface area contributed by atoms with Crippen molar-refractivity contribution in [1.82, 2.24) is 15.1 Å². The maximum Gasteiger partial charge on any atom is 0.274 e. The van der Waals surface area contributed by atoms with Gasteiger partial charge in [0.2, 0.25) is 0 Å². The van der Waals surface area contributed by atoms with Crippen molar-refractivity contribution in [2.75, 3.05) is 25.5 Å². The lowest BCUT2D eigenvalue weighted by Crippen LogP contribution is -2.35. The van der Waals surface area contributed by atoms with Crippen LogP contribution in [0.2, 0.25) is 0 Å². The molecule has 0 atom stereocenters. The van der Waals surface area contributed by atoms with E-state index in [4.69, 9.17) is 0 Å². The van der Waals surface area contributed by atoms with Crippen LogP contribution in [0, 0.1) is 5.92 Å². The number of anilines is 1. The van der Waals surface area contributed by atoms with Gasteiger partial charge in [-0.3, -0.25) is 4.79 Å². The SMILES string of the molecule is CCC(CC)CN(CC)C(=O)c1ccc(NC)nn1. The molecular formula is C14H24N4O. The third-order valence-corrected chi connectivity index (χ3v) is 3.44. The van der Waals surface area contributed by atoms with Crippen molar-refractivity contribution in [2.24, 2.45) is 5.92 Å². The first-order valence-electron chi connectivity index (χ1n) is 6.96. The topological polar surface area (TPSA) is 58.1 Å². The smallest absolute Gasteiger partial charge is 0.274 e. The first kappa shape index (κ1) is 15.4. The summed E-state index contributed by atoms with van der Waals surface area (Å²) < 4.78 is 0. The number of hydrogen-bond acceptors (Lipinski definition) is 4. The number of nitrogens with zero attached hydrogens (tertiary/aromatic N) is 3. The number of nitrogens with one attached hydrogen (secondary N) is 1. The third-order valence-electron chi connectivity index (χ3n) is 3.44. The van der Waals surface area contributed by atoms with Gasteiger partial charge < -0.3 is 10.2 Å². The Morgan fingerprint density at radius 2 is 1.95 bits per heavy atom. The van der Waals surface area contributed by atoms with Crippen LogP contribution >= 0.6 is 0 Å². The zero-order chi connectivity index (χ0) is 14.3. The quantitative estimate of drug-likeness (QED) is 0.821. The van der Waals surface area contributed by atoms with Crippen LogP contribution in [0.3, 0.4) is 0 Å². The van der Waals surface area contributed by atoms with Crippen LogP contribution < -0.4 is 5.32 Å². The Balaban J connectivity index is 2.76. The Morgan fingerprint density at radius 3 is 2.37 bits per heavy atom. The third kappa shape index (κ3) is 4.19. The molecule has 5 nitrogen and oxygen atoms in total. The van der Waals surface area contributed by atoms with Crippen molar-refractivity contribution in [3.8, 4) is 0 Å². The maximum absolute atomic E-state index is 12.3. The number of aromatic nitrogens is 2. The highest BCUT2D eigenvalue weighted by atomic mass is 16.2. The molecule has 19 heavy (non-hydrogen) atoms. The summed E-state index contributed by atoms with van der Waals surface area (Å²) in [5.74, 6) is 1.18. The van der Waals surface area contributed by atoms with E-state index >= 15 is 0 Å². The van der Waals surface area contributed by atoms with E-state index in [-0.39, 0.29) is 5.91 Å². The van der Waals surface area contributed by atoms with Crippen LogP contribution in [0.5, 0.6) is 0 Å². The first-order valence-corrected chi connectivity index (χ1v) is 6.96. The molecule has 0 spiro atoms. The molecule has 0 saturated heterocycles. The maximum atomic E-state index is 12.3. The Hall–Kier alpha value is -1.65. The van der Waals surface area contributed by atoms with Gasteiger partial charge in [-0.15, -0.1) is 10.2 Å². The molecule has 0 aliphatic rings. The van der Waals surface area contributed by atoms with Crippen LogP contribution in [-0.4, -0.2) is 41.1 Å². The zero-order valence-electron chi connectivity index (χ0n) is 12.3. The fraction of sp³-hybridized carbons (Fsp3) is 0.643. The lowest BCUT2D eigenvalue weighted by Gasteiger charge is -2.25. The van der Waals surface area contributed by atoms with Gasteiger partial charge in [-0.1, -0.05) is 26.7 Å². The summed E-state index contributed by atoms with van der Waals surface area (Å²) in [4.78, 5) is 14.2. The average molecular weight is 264 g/mol. The highest BCUT2D eigenvalue weighted by Crippen LogP contribution is 2.12. The van der Waals surface area contributed by atoms with E-state index in [1.807, 2.05) is 11.8 Å². The summed E-state index contributed by atoms with van der Waals surface area (Å²) in [5, 5.41) is 10.8. The number of carbonyl (C=O) groups excluding carboxylic acids is 1. The molecule has 1 aromatic heterocycles. The van der Waals surface area contributed by atoms with Gasteiger partial charge >= 0.3 is 0 Å². The summed E-state index contributed by atoms with van der Waals surface area (Å²) in [6.45, 7) is 7.81. The minimum atomic E-state index is -0.0375. The fourth-order valence-corrected chi connectivity index (χ4v) is 1.96. The van der Waals surface area contributed by atoms with Crippen LogP contribution in [0.15, 0.2) is 12.1 Å². The number of rotatable bonds is 7. The van der Waals surface area contributed by atoms with Crippen molar-refractivity contribution in [2.45, 2.75) is 33.6 Å². The van der Waals surface area contributed by atoms with Gasteiger partial charge in [0.1, 0.15) is 5.82 Å². The Labute approximate surface area is 115 Å². The number of carbonyl (C=O) groups is 1. The summed E-state index contributed by atoms with van der Waals surface area (Å²) >= 11 is 0. The normalized spacial score (nSPS) is 10.6. The largest absolute Gasteiger partial charge is 0.372 e. The number of amides is 1. The first-order chi connectivity index (χ1) is 9.15. The van der Waals surface area contributed by atoms with E-state index in [0.29, 0.717) is 24.0 Å². The van der Waals surface area contributed by atoms with Crippen LogP contribution in [0.4, 0.5) is 5.82 Å². The summed E-state index contributed by atoms with van der Waals surface area (Å²) in [6.07, 6.45) is 2.18. The minimum Gasteiger partial charge on any atom is -0.372 e. The summed E-state index contributed by atoms with van der Waals surface area (Å²) in [7, 11) is 1.77. The Bertz CT molecular complexity index is 387. The Morgan fingerprint density at radius 1 is 1.26 bits per heavy atom. The van der Waals surface area contributed by atoms with E-state index in [0.717, 1.165) is 19.4 Å². The highest BCUT2D eigenvalue weighted by molar-refractivity contribution is 5.92. The van der Waals surface area contributed by atoms with Gasteiger partial charge in [0, 0.05) is 20.1 Å². The van der Waals surface area contributed by atoms with Crippen LogP contribution in [0.1, 0.15) is 44.1 Å². The molecule has 1 heterocycles. The lowest BCUT2D eigenvalue weighted by molar-refractivity contribution is 0.0728. The van der Waals surface area contributed by atoms with E-state index in [1.165, 1.54) is 0 Å². The Kier molecular flexibility index (Phi) is 6.25. The molecule has 5 heteroatoms. The van der Waals surface area contributed by atoms with Gasteiger partial charge in [-0.2, -0.15) is 0 Å². The van der Waals surface area contributed by atoms with Gasteiger partial charge in [-0.25, -0.2) is 0 Å². The van der Waals surface area contributed by atoms with Gasteiger partial charge in [-0.05, 0) is 25.0 Å². The van der Waals surface area contributed by atoms with Crippen molar-refractivity contribution >= 4 is 11.7 Å². The van der Waals surface area contributed by atoms with Crippen molar-refractivity contribution < 1.29 is 4.79 Å². The van der Waals surface area contributed by atoms with E-state index in [9.17, 15) is 4.79 Å². The molecular weight excluding hydrogens is 240 g/mol. The van der Waals surface area contributed by atoms with Gasteiger partial charge in [0.15, 0.2) is 5.69 Å². The van der Waals surface area contributed by atoms with Crippen molar-refractivity contribution in [1.29, 1.82) is 0 Å². The van der Waals surface area contributed by atoms with Gasteiger partial charge in [0.05, 0.1) is 0 Å². The van der Waals surface area contributed by atoms with E-state index in [2.05, 4.69) is 29.4 Å². The van der Waals surface area contributed by atoms with Crippen molar-refractivity contribution in [3.63, 3.8) is 0 Å². The van der Waals surface area contributed by atoms with Crippen LogP contribution in [-0.2, 0) is 0 Å². The molecule has 0 bridgehead atoms. The number of hydrogen-bond donors (Lipinski definition) is 1. The second-order valence-corrected chi connectivity index (χ2v) is 4.58.